The van der Waals surface area contributed by atoms with Gasteiger partial charge in [0.2, 0.25) is 17.7 Å². The van der Waals surface area contributed by atoms with Crippen molar-refractivity contribution in [2.75, 3.05) is 25.5 Å². The van der Waals surface area contributed by atoms with Crippen molar-refractivity contribution >= 4 is 23.4 Å². The van der Waals surface area contributed by atoms with Gasteiger partial charge in [0, 0.05) is 12.1 Å². The Balaban J connectivity index is 1.85. The lowest BCUT2D eigenvalue weighted by atomic mass is 10.1. The number of carbonyl (C=O) groups is 3. The Kier molecular flexibility index (Phi) is 8.27. The fourth-order valence-corrected chi connectivity index (χ4v) is 2.59. The van der Waals surface area contributed by atoms with Gasteiger partial charge in [0.15, 0.2) is 0 Å². The lowest BCUT2D eigenvalue weighted by molar-refractivity contribution is -0.137. The first-order chi connectivity index (χ1) is 13.9. The zero-order valence-electron chi connectivity index (χ0n) is 16.9. The van der Waals surface area contributed by atoms with E-state index in [2.05, 4.69) is 10.6 Å². The number of benzene rings is 1. The van der Waals surface area contributed by atoms with Crippen LogP contribution in [0.3, 0.4) is 0 Å². The molecule has 0 radical (unpaired) electrons. The minimum absolute atomic E-state index is 0.144. The maximum atomic E-state index is 12.5. The number of ether oxygens (including phenoxy) is 1. The van der Waals surface area contributed by atoms with Gasteiger partial charge in [-0.15, -0.1) is 0 Å². The van der Waals surface area contributed by atoms with Crippen molar-refractivity contribution in [1.82, 2.24) is 10.2 Å². The van der Waals surface area contributed by atoms with Crippen LogP contribution in [0.5, 0.6) is 5.75 Å². The van der Waals surface area contributed by atoms with Crippen LogP contribution < -0.4 is 15.4 Å². The molecule has 0 aliphatic carbocycles. The Morgan fingerprint density at radius 3 is 2.41 bits per heavy atom. The van der Waals surface area contributed by atoms with Crippen molar-refractivity contribution in [3.8, 4) is 5.75 Å². The molecular formula is C21H27N3O5. The highest BCUT2D eigenvalue weighted by atomic mass is 16.5. The summed E-state index contributed by atoms with van der Waals surface area (Å²) < 4.78 is 10.3. The number of amides is 3. The largest absolute Gasteiger partial charge is 0.497 e. The molecule has 2 rings (SSSR count). The number of hydrogen-bond acceptors (Lipinski definition) is 5. The van der Waals surface area contributed by atoms with Crippen molar-refractivity contribution in [3.63, 3.8) is 0 Å². The minimum atomic E-state index is -0.418. The van der Waals surface area contributed by atoms with E-state index in [-0.39, 0.29) is 37.4 Å². The summed E-state index contributed by atoms with van der Waals surface area (Å²) in [6.07, 6.45) is 1.84. The summed E-state index contributed by atoms with van der Waals surface area (Å²) in [5.74, 6) is 0.508. The molecule has 3 amide bonds. The number of methoxy groups -OCH3 is 1. The Bertz CT molecular complexity index is 800. The third kappa shape index (κ3) is 7.69. The van der Waals surface area contributed by atoms with E-state index < -0.39 is 5.91 Å². The van der Waals surface area contributed by atoms with Gasteiger partial charge in [-0.3, -0.25) is 14.4 Å². The van der Waals surface area contributed by atoms with Crippen LogP contribution in [0.1, 0.15) is 26.0 Å². The molecule has 0 aliphatic heterocycles. The predicted molar refractivity (Wildman–Crippen MR) is 108 cm³/mol. The molecule has 1 heterocycles. The van der Waals surface area contributed by atoms with Gasteiger partial charge in [0.05, 0.1) is 26.5 Å². The molecule has 0 spiro atoms. The standard InChI is InChI=1S/C21H27N3O5/c1-15(2)11-21(27)24(13-18-5-4-10-29-18)14-20(26)22-12-19(25)23-16-6-8-17(28-3)9-7-16/h4-10,15H,11-14H2,1-3H3,(H,22,26)(H,23,25). The molecule has 0 saturated heterocycles. The van der Waals surface area contributed by atoms with Gasteiger partial charge in [0.25, 0.3) is 0 Å². The molecule has 1 aromatic carbocycles. The molecule has 0 fully saturated rings. The monoisotopic (exact) mass is 401 g/mol. The molecule has 0 unspecified atom stereocenters. The zero-order valence-corrected chi connectivity index (χ0v) is 16.9. The van der Waals surface area contributed by atoms with Crippen molar-refractivity contribution in [1.29, 1.82) is 0 Å². The number of furan rings is 1. The normalized spacial score (nSPS) is 10.5. The van der Waals surface area contributed by atoms with Crippen LogP contribution in [0.15, 0.2) is 47.1 Å². The number of nitrogens with one attached hydrogen (secondary N) is 2. The van der Waals surface area contributed by atoms with E-state index in [4.69, 9.17) is 9.15 Å². The summed E-state index contributed by atoms with van der Waals surface area (Å²) >= 11 is 0. The van der Waals surface area contributed by atoms with E-state index in [0.29, 0.717) is 23.6 Å². The van der Waals surface area contributed by atoms with Crippen LogP contribution >= 0.6 is 0 Å². The van der Waals surface area contributed by atoms with E-state index >= 15 is 0 Å². The predicted octanol–water partition coefficient (Wildman–Crippen LogP) is 2.42. The molecule has 1 aromatic heterocycles. The van der Waals surface area contributed by atoms with Gasteiger partial charge in [-0.1, -0.05) is 13.8 Å². The number of hydrogen-bond donors (Lipinski definition) is 2. The maximum absolute atomic E-state index is 12.5. The van der Waals surface area contributed by atoms with E-state index in [9.17, 15) is 14.4 Å². The summed E-state index contributed by atoms with van der Waals surface area (Å²) in [5.41, 5.74) is 0.594. The van der Waals surface area contributed by atoms with Crippen LogP contribution in [0.2, 0.25) is 0 Å². The molecule has 2 aromatic rings. The smallest absolute Gasteiger partial charge is 0.243 e. The summed E-state index contributed by atoms with van der Waals surface area (Å²) in [7, 11) is 1.56. The number of anilines is 1. The summed E-state index contributed by atoms with van der Waals surface area (Å²) in [6, 6.07) is 10.3. The van der Waals surface area contributed by atoms with E-state index in [0.717, 1.165) is 0 Å². The van der Waals surface area contributed by atoms with Crippen LogP contribution in [0, 0.1) is 5.92 Å². The second-order valence-electron chi connectivity index (χ2n) is 6.98. The van der Waals surface area contributed by atoms with Gasteiger partial charge < -0.3 is 24.7 Å². The Hall–Kier alpha value is -3.29. The number of nitrogens with zero attached hydrogens (tertiary/aromatic N) is 1. The van der Waals surface area contributed by atoms with E-state index in [1.54, 1.807) is 43.5 Å². The van der Waals surface area contributed by atoms with Crippen molar-refractivity contribution < 1.29 is 23.5 Å². The molecule has 0 aliphatic rings. The van der Waals surface area contributed by atoms with E-state index in [1.165, 1.54) is 11.2 Å². The third-order valence-electron chi connectivity index (χ3n) is 4.02. The van der Waals surface area contributed by atoms with E-state index in [1.807, 2.05) is 13.8 Å². The quantitative estimate of drug-likeness (QED) is 0.637. The summed E-state index contributed by atoms with van der Waals surface area (Å²) in [6.45, 7) is 3.73. The molecule has 2 N–H and O–H groups in total. The average molecular weight is 401 g/mol. The third-order valence-corrected chi connectivity index (χ3v) is 4.02. The molecular weight excluding hydrogens is 374 g/mol. The SMILES string of the molecule is COc1ccc(NC(=O)CNC(=O)CN(Cc2ccco2)C(=O)CC(C)C)cc1. The number of rotatable bonds is 10. The maximum Gasteiger partial charge on any atom is 0.243 e. The second-order valence-corrected chi connectivity index (χ2v) is 6.98. The second kappa shape index (κ2) is 10.9. The van der Waals surface area contributed by atoms with Crippen LogP contribution in [-0.4, -0.2) is 42.8 Å². The summed E-state index contributed by atoms with van der Waals surface area (Å²) in [4.78, 5) is 38.2. The molecule has 156 valence electrons. The molecule has 0 bridgehead atoms. The van der Waals surface area contributed by atoms with Gasteiger partial charge in [0.1, 0.15) is 18.1 Å². The highest BCUT2D eigenvalue weighted by Gasteiger charge is 2.20. The lowest BCUT2D eigenvalue weighted by Gasteiger charge is -2.22. The average Bonchev–Trinajstić information content (AvgIpc) is 3.19. The molecule has 29 heavy (non-hydrogen) atoms. The first kappa shape index (κ1) is 22.0. The topological polar surface area (TPSA) is 101 Å². The van der Waals surface area contributed by atoms with Crippen LogP contribution in [0.25, 0.3) is 0 Å². The van der Waals surface area contributed by atoms with Gasteiger partial charge in [-0.2, -0.15) is 0 Å². The fourth-order valence-electron chi connectivity index (χ4n) is 2.59. The Morgan fingerprint density at radius 2 is 1.83 bits per heavy atom. The molecule has 0 atom stereocenters. The zero-order chi connectivity index (χ0) is 21.2. The highest BCUT2D eigenvalue weighted by molar-refractivity contribution is 5.95. The van der Waals surface area contributed by atoms with Crippen molar-refractivity contribution in [2.24, 2.45) is 5.92 Å². The van der Waals surface area contributed by atoms with Crippen LogP contribution in [0.4, 0.5) is 5.69 Å². The first-order valence-corrected chi connectivity index (χ1v) is 9.38. The lowest BCUT2D eigenvalue weighted by Crippen LogP contribution is -2.42. The van der Waals surface area contributed by atoms with Crippen molar-refractivity contribution in [2.45, 2.75) is 26.8 Å². The molecule has 8 heteroatoms. The Morgan fingerprint density at radius 1 is 1.10 bits per heavy atom. The van der Waals surface area contributed by atoms with Gasteiger partial charge >= 0.3 is 0 Å². The first-order valence-electron chi connectivity index (χ1n) is 9.38. The van der Waals surface area contributed by atoms with Gasteiger partial charge in [-0.25, -0.2) is 0 Å². The fraction of sp³-hybridized carbons (Fsp3) is 0.381. The summed E-state index contributed by atoms with van der Waals surface area (Å²) in [5, 5.41) is 5.23. The molecule has 8 nitrogen and oxygen atoms in total. The Labute approximate surface area is 170 Å². The minimum Gasteiger partial charge on any atom is -0.497 e. The number of carbonyl (C=O) groups excluding carboxylic acids is 3. The highest BCUT2D eigenvalue weighted by Crippen LogP contribution is 2.14. The molecule has 0 saturated carbocycles. The van der Waals surface area contributed by atoms with Crippen molar-refractivity contribution in [3.05, 3.63) is 48.4 Å². The van der Waals surface area contributed by atoms with Gasteiger partial charge in [-0.05, 0) is 42.3 Å². The van der Waals surface area contributed by atoms with Crippen LogP contribution in [-0.2, 0) is 20.9 Å².